The van der Waals surface area contributed by atoms with Crippen molar-refractivity contribution in [2.24, 2.45) is 0 Å². The molecule has 1 aromatic rings. The zero-order chi connectivity index (χ0) is 19.9. The second kappa shape index (κ2) is 13.8. The molecule has 0 heterocycles. The minimum atomic E-state index is -0.642. The van der Waals surface area contributed by atoms with E-state index < -0.39 is 5.97 Å². The number of esters is 1. The fourth-order valence-corrected chi connectivity index (χ4v) is 2.41. The number of nitrogens with zero attached hydrogens (tertiary/aromatic N) is 2. The molecule has 148 valence electrons. The third kappa shape index (κ3) is 8.72. The molecule has 0 aliphatic heterocycles. The Labute approximate surface area is 162 Å². The van der Waals surface area contributed by atoms with Gasteiger partial charge in [0.05, 0.1) is 19.8 Å². The van der Waals surface area contributed by atoms with E-state index in [0.29, 0.717) is 19.8 Å². The van der Waals surface area contributed by atoms with Crippen LogP contribution < -0.4 is 4.90 Å². The molecular weight excluding hydrogens is 344 g/mol. The molecule has 0 radical (unpaired) electrons. The monoisotopic (exact) mass is 374 g/mol. The zero-order valence-corrected chi connectivity index (χ0v) is 16.6. The van der Waals surface area contributed by atoms with Crippen molar-refractivity contribution in [2.45, 2.75) is 27.2 Å². The standard InChI is InChI=1S/C21H30N2O4/c1-4-11-25-12-13-26-14-15-27-21(24)19(17-22)16-18-7-9-20(10-8-18)23(5-2)6-3/h7-10,16H,4-6,11-15H2,1-3H3/b19-16+. The Balaban J connectivity index is 2.47. The topological polar surface area (TPSA) is 71.8 Å². The van der Waals surface area contributed by atoms with Crippen LogP contribution in [0.1, 0.15) is 32.8 Å². The molecule has 0 atom stereocenters. The van der Waals surface area contributed by atoms with Crippen molar-refractivity contribution >= 4 is 17.7 Å². The summed E-state index contributed by atoms with van der Waals surface area (Å²) in [5.74, 6) is -0.642. The summed E-state index contributed by atoms with van der Waals surface area (Å²) in [6.07, 6.45) is 2.51. The van der Waals surface area contributed by atoms with Gasteiger partial charge in [0.25, 0.3) is 0 Å². The van der Waals surface area contributed by atoms with Crippen molar-refractivity contribution in [2.75, 3.05) is 51.0 Å². The largest absolute Gasteiger partial charge is 0.459 e. The average Bonchev–Trinajstić information content (AvgIpc) is 2.70. The van der Waals surface area contributed by atoms with Crippen molar-refractivity contribution < 1.29 is 19.0 Å². The number of rotatable bonds is 13. The van der Waals surface area contributed by atoms with Gasteiger partial charge in [-0.1, -0.05) is 19.1 Å². The van der Waals surface area contributed by atoms with E-state index in [2.05, 4.69) is 18.7 Å². The van der Waals surface area contributed by atoms with Crippen LogP contribution in [0.2, 0.25) is 0 Å². The molecule has 0 spiro atoms. The number of hydrogen-bond acceptors (Lipinski definition) is 6. The second-order valence-corrected chi connectivity index (χ2v) is 5.79. The van der Waals surface area contributed by atoms with Gasteiger partial charge in [0.15, 0.2) is 0 Å². The first kappa shape index (κ1) is 22.7. The van der Waals surface area contributed by atoms with Gasteiger partial charge in [-0.25, -0.2) is 4.79 Å². The van der Waals surface area contributed by atoms with Gasteiger partial charge in [-0.3, -0.25) is 0 Å². The van der Waals surface area contributed by atoms with Gasteiger partial charge in [-0.05, 0) is 44.0 Å². The van der Waals surface area contributed by atoms with E-state index in [1.54, 1.807) is 0 Å². The van der Waals surface area contributed by atoms with E-state index in [0.717, 1.165) is 30.8 Å². The van der Waals surface area contributed by atoms with Crippen LogP contribution in [0.3, 0.4) is 0 Å². The minimum absolute atomic E-state index is 0.0307. The maximum absolute atomic E-state index is 12.0. The van der Waals surface area contributed by atoms with Crippen molar-refractivity contribution in [3.8, 4) is 6.07 Å². The molecule has 0 saturated carbocycles. The summed E-state index contributed by atoms with van der Waals surface area (Å²) in [6.45, 7) is 10.2. The molecule has 6 heteroatoms. The highest BCUT2D eigenvalue weighted by molar-refractivity contribution is 5.97. The number of anilines is 1. The second-order valence-electron chi connectivity index (χ2n) is 5.79. The molecule has 0 aliphatic carbocycles. The lowest BCUT2D eigenvalue weighted by atomic mass is 10.1. The van der Waals surface area contributed by atoms with Crippen LogP contribution in [0, 0.1) is 11.3 Å². The van der Waals surface area contributed by atoms with Crippen LogP contribution in [0.15, 0.2) is 29.8 Å². The Morgan fingerprint density at radius 2 is 1.59 bits per heavy atom. The predicted octanol–water partition coefficient (Wildman–Crippen LogP) is 3.43. The van der Waals surface area contributed by atoms with Crippen LogP contribution >= 0.6 is 0 Å². The van der Waals surface area contributed by atoms with Crippen molar-refractivity contribution in [1.82, 2.24) is 0 Å². The fraction of sp³-hybridized carbons (Fsp3) is 0.524. The molecule has 0 aliphatic rings. The summed E-state index contributed by atoms with van der Waals surface area (Å²) in [5.41, 5.74) is 1.86. The van der Waals surface area contributed by atoms with Crippen molar-refractivity contribution in [3.05, 3.63) is 35.4 Å². The van der Waals surface area contributed by atoms with Gasteiger partial charge in [-0.15, -0.1) is 0 Å². The molecule has 0 fully saturated rings. The van der Waals surface area contributed by atoms with Crippen LogP contribution in [-0.4, -0.2) is 52.1 Å². The van der Waals surface area contributed by atoms with Crippen LogP contribution in [0.25, 0.3) is 6.08 Å². The summed E-state index contributed by atoms with van der Waals surface area (Å²) >= 11 is 0. The maximum atomic E-state index is 12.0. The highest BCUT2D eigenvalue weighted by Crippen LogP contribution is 2.17. The molecular formula is C21H30N2O4. The smallest absolute Gasteiger partial charge is 0.348 e. The number of nitriles is 1. The van der Waals surface area contributed by atoms with Gasteiger partial charge in [-0.2, -0.15) is 5.26 Å². The summed E-state index contributed by atoms with van der Waals surface area (Å²) in [5, 5.41) is 9.22. The summed E-state index contributed by atoms with van der Waals surface area (Å²) in [7, 11) is 0. The molecule has 27 heavy (non-hydrogen) atoms. The highest BCUT2D eigenvalue weighted by atomic mass is 16.6. The number of benzene rings is 1. The van der Waals surface area contributed by atoms with Gasteiger partial charge < -0.3 is 19.1 Å². The van der Waals surface area contributed by atoms with Crippen LogP contribution in [0.4, 0.5) is 5.69 Å². The van der Waals surface area contributed by atoms with Gasteiger partial charge in [0.1, 0.15) is 18.2 Å². The zero-order valence-electron chi connectivity index (χ0n) is 16.6. The van der Waals surface area contributed by atoms with Crippen molar-refractivity contribution in [1.29, 1.82) is 5.26 Å². The molecule has 0 amide bonds. The predicted molar refractivity (Wildman–Crippen MR) is 106 cm³/mol. The SMILES string of the molecule is CCCOCCOCCOC(=O)/C(C#N)=C/c1ccc(N(CC)CC)cc1. The quantitative estimate of drug-likeness (QED) is 0.228. The molecule has 0 aromatic heterocycles. The number of carbonyl (C=O) groups is 1. The Hall–Kier alpha value is -2.36. The lowest BCUT2D eigenvalue weighted by molar-refractivity contribution is -0.140. The van der Waals surface area contributed by atoms with Crippen molar-refractivity contribution in [3.63, 3.8) is 0 Å². The third-order valence-electron chi connectivity index (χ3n) is 3.85. The Kier molecular flexibility index (Phi) is 11.6. The van der Waals surface area contributed by atoms with Gasteiger partial charge >= 0.3 is 5.97 Å². The van der Waals surface area contributed by atoms with E-state index in [1.165, 1.54) is 6.08 Å². The van der Waals surface area contributed by atoms with Gasteiger partial charge in [0.2, 0.25) is 0 Å². The molecule has 1 aromatic carbocycles. The summed E-state index contributed by atoms with van der Waals surface area (Å²) in [4.78, 5) is 14.2. The number of hydrogen-bond donors (Lipinski definition) is 0. The van der Waals surface area contributed by atoms with E-state index in [9.17, 15) is 10.1 Å². The molecule has 0 bridgehead atoms. The summed E-state index contributed by atoms with van der Waals surface area (Å²) in [6, 6.07) is 9.63. The number of ether oxygens (including phenoxy) is 3. The molecule has 0 unspecified atom stereocenters. The lowest BCUT2D eigenvalue weighted by Crippen LogP contribution is -2.21. The van der Waals surface area contributed by atoms with Crippen LogP contribution in [-0.2, 0) is 19.0 Å². The van der Waals surface area contributed by atoms with E-state index >= 15 is 0 Å². The Bertz CT molecular complexity index is 616. The average molecular weight is 374 g/mol. The molecule has 0 saturated heterocycles. The first-order valence-electron chi connectivity index (χ1n) is 9.45. The molecule has 6 nitrogen and oxygen atoms in total. The third-order valence-corrected chi connectivity index (χ3v) is 3.85. The normalized spacial score (nSPS) is 11.1. The van der Waals surface area contributed by atoms with Gasteiger partial charge in [0, 0.05) is 25.4 Å². The van der Waals surface area contributed by atoms with E-state index in [4.69, 9.17) is 14.2 Å². The fourth-order valence-electron chi connectivity index (χ4n) is 2.41. The van der Waals surface area contributed by atoms with E-state index in [1.807, 2.05) is 37.3 Å². The minimum Gasteiger partial charge on any atom is -0.459 e. The van der Waals surface area contributed by atoms with E-state index in [-0.39, 0.29) is 18.8 Å². The number of carbonyl (C=O) groups excluding carboxylic acids is 1. The Morgan fingerprint density at radius 1 is 1.00 bits per heavy atom. The first-order valence-corrected chi connectivity index (χ1v) is 9.45. The first-order chi connectivity index (χ1) is 13.2. The molecule has 0 N–H and O–H groups in total. The molecule has 1 rings (SSSR count). The van der Waals surface area contributed by atoms with Crippen LogP contribution in [0.5, 0.6) is 0 Å². The lowest BCUT2D eigenvalue weighted by Gasteiger charge is -2.20. The highest BCUT2D eigenvalue weighted by Gasteiger charge is 2.11. The Morgan fingerprint density at radius 3 is 2.15 bits per heavy atom. The maximum Gasteiger partial charge on any atom is 0.348 e. The summed E-state index contributed by atoms with van der Waals surface area (Å²) < 4.78 is 15.7.